The molecular formula is C12H22NO4P. The van der Waals surface area contributed by atoms with Gasteiger partial charge in [-0.1, -0.05) is 0 Å². The zero-order valence-corrected chi connectivity index (χ0v) is 12.2. The first kappa shape index (κ1) is 13.6. The van der Waals surface area contributed by atoms with Crippen molar-refractivity contribution in [2.45, 2.75) is 31.2 Å². The quantitative estimate of drug-likeness (QED) is 0.783. The van der Waals surface area contributed by atoms with Gasteiger partial charge in [0.05, 0.1) is 0 Å². The molecule has 0 spiro atoms. The summed E-state index contributed by atoms with van der Waals surface area (Å²) in [5.74, 6) is -0.554. The molecule has 18 heavy (non-hydrogen) atoms. The van der Waals surface area contributed by atoms with Crippen LogP contribution in [0.25, 0.3) is 0 Å². The van der Waals surface area contributed by atoms with E-state index in [4.69, 9.17) is 4.52 Å². The molecule has 104 valence electrons. The molecule has 1 saturated heterocycles. The Labute approximate surface area is 108 Å². The number of likely N-dealkylation sites (tertiary alicyclic amines) is 1. The zero-order chi connectivity index (χ0) is 13.6. The number of rotatable bonds is 2. The predicted molar refractivity (Wildman–Crippen MR) is 71.6 cm³/mol. The standard InChI is InChI=1S/C12H22NO4P/c1-18(2,3)17-11(16)13-8-9-5-4-6-12(13,7-9)10(14)15/h9,18H,4-8H2,1-3H3,(H,14,15)/t9?,12-/m1/s1. The Bertz CT molecular complexity index is 379. The van der Waals surface area contributed by atoms with Crippen molar-refractivity contribution in [3.63, 3.8) is 0 Å². The fraction of sp³-hybridized carbons (Fsp3) is 0.833. The first-order chi connectivity index (χ1) is 8.24. The zero-order valence-electron chi connectivity index (χ0n) is 11.2. The SMILES string of the molecule is C[PH](C)(C)OC(=O)N1CC2CCC[C@]1(C(=O)O)C2. The number of amides is 1. The molecule has 1 N–H and O–H groups in total. The van der Waals surface area contributed by atoms with Gasteiger partial charge in [0.1, 0.15) is 0 Å². The van der Waals surface area contributed by atoms with Gasteiger partial charge in [-0.3, -0.25) is 0 Å². The summed E-state index contributed by atoms with van der Waals surface area (Å²) >= 11 is 0. The van der Waals surface area contributed by atoms with Crippen LogP contribution in [0.1, 0.15) is 25.7 Å². The van der Waals surface area contributed by atoms with Crippen LogP contribution in [-0.4, -0.2) is 54.1 Å². The molecule has 1 unspecified atom stereocenters. The Hall–Kier alpha value is -0.830. The van der Waals surface area contributed by atoms with Crippen LogP contribution < -0.4 is 0 Å². The first-order valence-corrected chi connectivity index (χ1v) is 9.89. The summed E-state index contributed by atoms with van der Waals surface area (Å²) < 4.78 is 5.47. The van der Waals surface area contributed by atoms with Crippen molar-refractivity contribution in [1.82, 2.24) is 4.90 Å². The molecule has 1 aliphatic carbocycles. The summed E-state index contributed by atoms with van der Waals surface area (Å²) in [5.41, 5.74) is -1.00. The van der Waals surface area contributed by atoms with Crippen LogP contribution >= 0.6 is 7.49 Å². The van der Waals surface area contributed by atoms with Crippen LogP contribution in [0.15, 0.2) is 0 Å². The van der Waals surface area contributed by atoms with Gasteiger partial charge in [0.25, 0.3) is 0 Å². The van der Waals surface area contributed by atoms with Crippen molar-refractivity contribution < 1.29 is 19.2 Å². The second kappa shape index (κ2) is 4.37. The average Bonchev–Trinajstić information content (AvgIpc) is 2.49. The maximum absolute atomic E-state index is 12.2. The van der Waals surface area contributed by atoms with Gasteiger partial charge in [-0.2, -0.15) is 0 Å². The number of carbonyl (C=O) groups is 2. The number of aliphatic carboxylic acids is 1. The van der Waals surface area contributed by atoms with Crippen molar-refractivity contribution in [2.75, 3.05) is 26.5 Å². The topological polar surface area (TPSA) is 66.8 Å². The van der Waals surface area contributed by atoms with Crippen molar-refractivity contribution in [3.05, 3.63) is 0 Å². The van der Waals surface area contributed by atoms with Gasteiger partial charge in [-0.25, -0.2) is 0 Å². The molecule has 5 nitrogen and oxygen atoms in total. The second-order valence-electron chi connectivity index (χ2n) is 6.39. The van der Waals surface area contributed by atoms with Crippen molar-refractivity contribution >= 4 is 19.6 Å². The Morgan fingerprint density at radius 2 is 2.06 bits per heavy atom. The fourth-order valence-corrected chi connectivity index (χ4v) is 3.71. The fourth-order valence-electron chi connectivity index (χ4n) is 3.07. The minimum absolute atomic E-state index is 0.323. The molecule has 2 rings (SSSR count). The first-order valence-electron chi connectivity index (χ1n) is 6.49. The molecule has 2 aliphatic rings. The molecule has 0 aromatic rings. The van der Waals surface area contributed by atoms with E-state index in [1.165, 1.54) is 4.90 Å². The van der Waals surface area contributed by atoms with Crippen LogP contribution in [0.2, 0.25) is 0 Å². The predicted octanol–water partition coefficient (Wildman–Crippen LogP) is 2.01. The summed E-state index contributed by atoms with van der Waals surface area (Å²) in [6, 6.07) is 0. The van der Waals surface area contributed by atoms with Gasteiger partial charge in [0, 0.05) is 0 Å². The molecule has 0 aromatic heterocycles. The van der Waals surface area contributed by atoms with E-state index in [0.717, 1.165) is 12.8 Å². The summed E-state index contributed by atoms with van der Waals surface area (Å²) in [5, 5.41) is 9.49. The van der Waals surface area contributed by atoms with E-state index in [9.17, 15) is 14.7 Å². The summed E-state index contributed by atoms with van der Waals surface area (Å²) in [4.78, 5) is 25.2. The van der Waals surface area contributed by atoms with Gasteiger partial charge in [0.2, 0.25) is 0 Å². The number of hydrogen-bond acceptors (Lipinski definition) is 3. The third-order valence-electron chi connectivity index (χ3n) is 3.80. The number of hydrogen-bond donors (Lipinski definition) is 1. The Kier molecular flexibility index (Phi) is 3.30. The summed E-state index contributed by atoms with van der Waals surface area (Å²) in [7, 11) is -1.98. The molecule has 1 saturated carbocycles. The van der Waals surface area contributed by atoms with E-state index in [1.807, 2.05) is 20.0 Å². The Morgan fingerprint density at radius 3 is 2.61 bits per heavy atom. The number of carboxylic acids is 1. The molecule has 2 fully saturated rings. The van der Waals surface area contributed by atoms with Crippen LogP contribution in [0.5, 0.6) is 0 Å². The number of fused-ring (bicyclic) bond motifs is 2. The second-order valence-corrected chi connectivity index (χ2v) is 10.8. The third kappa shape index (κ3) is 2.33. The van der Waals surface area contributed by atoms with Crippen LogP contribution in [0, 0.1) is 5.92 Å². The Balaban J connectivity index is 2.21. The minimum atomic E-state index is -1.98. The number of nitrogens with zero attached hydrogens (tertiary/aromatic N) is 1. The molecule has 6 heteroatoms. The molecule has 1 heterocycles. The van der Waals surface area contributed by atoms with Crippen molar-refractivity contribution in [1.29, 1.82) is 0 Å². The van der Waals surface area contributed by atoms with E-state index in [-0.39, 0.29) is 0 Å². The molecule has 2 atom stereocenters. The summed E-state index contributed by atoms with van der Waals surface area (Å²) in [6.45, 7) is 6.33. The molecule has 1 amide bonds. The molecule has 0 radical (unpaired) electrons. The summed E-state index contributed by atoms with van der Waals surface area (Å²) in [6.07, 6.45) is 2.61. The van der Waals surface area contributed by atoms with Gasteiger partial charge < -0.3 is 0 Å². The van der Waals surface area contributed by atoms with Crippen LogP contribution in [0.4, 0.5) is 4.79 Å². The van der Waals surface area contributed by atoms with Crippen LogP contribution in [-0.2, 0) is 9.32 Å². The number of carbonyl (C=O) groups excluding carboxylic acids is 1. The molecule has 0 aromatic carbocycles. The van der Waals surface area contributed by atoms with E-state index in [0.29, 0.717) is 25.3 Å². The van der Waals surface area contributed by atoms with Gasteiger partial charge >= 0.3 is 107 Å². The van der Waals surface area contributed by atoms with E-state index in [2.05, 4.69) is 0 Å². The maximum atomic E-state index is 12.2. The Morgan fingerprint density at radius 1 is 1.39 bits per heavy atom. The van der Waals surface area contributed by atoms with E-state index in [1.54, 1.807) is 0 Å². The normalized spacial score (nSPS) is 32.2. The van der Waals surface area contributed by atoms with Gasteiger partial charge in [0.15, 0.2) is 0 Å². The van der Waals surface area contributed by atoms with Crippen molar-refractivity contribution in [2.24, 2.45) is 5.92 Å². The van der Waals surface area contributed by atoms with E-state index < -0.39 is 25.1 Å². The monoisotopic (exact) mass is 275 g/mol. The van der Waals surface area contributed by atoms with Gasteiger partial charge in [-0.05, 0) is 0 Å². The third-order valence-corrected chi connectivity index (χ3v) is 4.59. The number of carboxylic acid groups (broad SMARTS) is 1. The van der Waals surface area contributed by atoms with E-state index >= 15 is 0 Å². The molecular weight excluding hydrogens is 253 g/mol. The average molecular weight is 275 g/mol. The molecule has 1 aliphatic heterocycles. The van der Waals surface area contributed by atoms with Gasteiger partial charge in [-0.15, -0.1) is 0 Å². The molecule has 2 bridgehead atoms. The van der Waals surface area contributed by atoms with Crippen LogP contribution in [0.3, 0.4) is 0 Å². The van der Waals surface area contributed by atoms with Crippen molar-refractivity contribution in [3.8, 4) is 0 Å².